The van der Waals surface area contributed by atoms with Gasteiger partial charge in [-0.1, -0.05) is 0 Å². The van der Waals surface area contributed by atoms with Crippen molar-refractivity contribution in [3.8, 4) is 0 Å². The molecule has 0 radical (unpaired) electrons. The Bertz CT molecular complexity index is 1150. The number of ether oxygens (including phenoxy) is 2. The minimum atomic E-state index is -1.12. The van der Waals surface area contributed by atoms with Gasteiger partial charge < -0.3 is 14.0 Å². The third-order valence-electron chi connectivity index (χ3n) is 4.65. The molecule has 0 bridgehead atoms. The lowest BCUT2D eigenvalue weighted by atomic mass is 9.90. The molecule has 2 aromatic rings. The predicted molar refractivity (Wildman–Crippen MR) is 134 cm³/mol. The molecule has 1 aromatic heterocycles. The van der Waals surface area contributed by atoms with E-state index in [0.29, 0.717) is 11.5 Å². The van der Waals surface area contributed by atoms with Gasteiger partial charge in [-0.3, -0.25) is 15.6 Å². The zero-order valence-electron chi connectivity index (χ0n) is 20.2. The number of benzene rings is 1. The number of amidine groups is 1. The zero-order chi connectivity index (χ0) is 25.5. The fraction of sp³-hybridized carbons (Fsp3) is 0.478. The molecule has 1 aromatic carbocycles. The molecular formula is C23H29FIN5O4. The normalized spacial score (nSPS) is 18.0. The van der Waals surface area contributed by atoms with E-state index in [1.165, 1.54) is 18.2 Å². The number of rotatable bonds is 2. The van der Waals surface area contributed by atoms with E-state index in [1.807, 2.05) is 4.57 Å². The standard InChI is InChI=1S/C23H29FIN5O4/c1-21(2,3)33-19(31)27-13-8-9-15(24)14(10-13)23(7)12-30-16(25)11-26-18(30)17(29-23)28-20(32)34-22(4,5)6/h8-11H,12H2,1-7H3,(H,27,31)(H,28,29,32). The zero-order valence-corrected chi connectivity index (χ0v) is 22.4. The first kappa shape index (κ1) is 25.9. The molecule has 9 nitrogen and oxygen atoms in total. The number of alkyl carbamates (subject to hydrolysis) is 1. The number of nitrogens with one attached hydrogen (secondary N) is 2. The molecule has 1 aliphatic rings. The summed E-state index contributed by atoms with van der Waals surface area (Å²) in [5.41, 5.74) is -1.91. The summed E-state index contributed by atoms with van der Waals surface area (Å²) in [5.74, 6) is 0.100. The maximum Gasteiger partial charge on any atom is 0.413 e. The van der Waals surface area contributed by atoms with E-state index in [1.54, 1.807) is 54.7 Å². The summed E-state index contributed by atoms with van der Waals surface area (Å²) < 4.78 is 28.3. The van der Waals surface area contributed by atoms with Gasteiger partial charge in [0.05, 0.1) is 12.7 Å². The molecule has 11 heteroatoms. The van der Waals surface area contributed by atoms with Gasteiger partial charge in [0.1, 0.15) is 26.3 Å². The maximum atomic E-state index is 15.1. The highest BCUT2D eigenvalue weighted by Crippen LogP contribution is 2.36. The lowest BCUT2D eigenvalue weighted by molar-refractivity contribution is 0.0560. The average Bonchev–Trinajstić information content (AvgIpc) is 3.01. The summed E-state index contributed by atoms with van der Waals surface area (Å²) in [5, 5.41) is 5.28. The Morgan fingerprint density at radius 1 is 1.09 bits per heavy atom. The molecule has 0 spiro atoms. The second-order valence-corrected chi connectivity index (χ2v) is 11.3. The summed E-state index contributed by atoms with van der Waals surface area (Å²) in [6, 6.07) is 4.23. The van der Waals surface area contributed by atoms with Crippen molar-refractivity contribution >= 4 is 46.3 Å². The van der Waals surface area contributed by atoms with E-state index < -0.39 is 34.7 Å². The molecule has 0 saturated carbocycles. The van der Waals surface area contributed by atoms with Crippen molar-refractivity contribution in [2.75, 3.05) is 5.32 Å². The third-order valence-corrected chi connectivity index (χ3v) is 5.52. The maximum absolute atomic E-state index is 15.1. The summed E-state index contributed by atoms with van der Waals surface area (Å²) >= 11 is 2.12. The second kappa shape index (κ2) is 9.16. The number of aliphatic imine (C=N–C) groups is 1. The summed E-state index contributed by atoms with van der Waals surface area (Å²) in [6.45, 7) is 12.5. The highest BCUT2D eigenvalue weighted by molar-refractivity contribution is 14.1. The highest BCUT2D eigenvalue weighted by Gasteiger charge is 2.37. The molecule has 184 valence electrons. The van der Waals surface area contributed by atoms with Crippen LogP contribution < -0.4 is 10.6 Å². The number of amides is 2. The van der Waals surface area contributed by atoms with Crippen LogP contribution in [0.2, 0.25) is 0 Å². The summed E-state index contributed by atoms with van der Waals surface area (Å²) in [7, 11) is 0. The molecule has 1 atom stereocenters. The number of hydrogen-bond acceptors (Lipinski definition) is 6. The number of anilines is 1. The van der Waals surface area contributed by atoms with Crippen LogP contribution in [0.5, 0.6) is 0 Å². The first-order valence-electron chi connectivity index (χ1n) is 10.7. The molecule has 2 heterocycles. The molecule has 0 aliphatic carbocycles. The van der Waals surface area contributed by atoms with Crippen molar-refractivity contribution in [3.63, 3.8) is 0 Å². The van der Waals surface area contributed by atoms with Crippen molar-refractivity contribution in [1.29, 1.82) is 0 Å². The van der Waals surface area contributed by atoms with Gasteiger partial charge in [-0.2, -0.15) is 0 Å². The minimum Gasteiger partial charge on any atom is -0.444 e. The summed E-state index contributed by atoms with van der Waals surface area (Å²) in [6.07, 6.45) is 0.298. The smallest absolute Gasteiger partial charge is 0.413 e. The van der Waals surface area contributed by atoms with Gasteiger partial charge in [0, 0.05) is 11.3 Å². The third kappa shape index (κ3) is 6.24. The van der Waals surface area contributed by atoms with Gasteiger partial charge in [-0.15, -0.1) is 0 Å². The van der Waals surface area contributed by atoms with Gasteiger partial charge in [0.15, 0.2) is 11.7 Å². The Kier molecular flexibility index (Phi) is 6.98. The molecule has 0 fully saturated rings. The van der Waals surface area contributed by atoms with Gasteiger partial charge in [-0.25, -0.2) is 19.0 Å². The minimum absolute atomic E-state index is 0.163. The van der Waals surface area contributed by atoms with Crippen molar-refractivity contribution < 1.29 is 23.5 Å². The van der Waals surface area contributed by atoms with Gasteiger partial charge in [0.2, 0.25) is 0 Å². The number of nitrogens with zero attached hydrogens (tertiary/aromatic N) is 3. The predicted octanol–water partition coefficient (Wildman–Crippen LogP) is 5.17. The first-order chi connectivity index (χ1) is 15.6. The Labute approximate surface area is 211 Å². The van der Waals surface area contributed by atoms with E-state index in [4.69, 9.17) is 9.47 Å². The quantitative estimate of drug-likeness (QED) is 0.473. The Morgan fingerprint density at radius 3 is 2.26 bits per heavy atom. The molecule has 3 rings (SSSR count). The fourth-order valence-electron chi connectivity index (χ4n) is 3.40. The van der Waals surface area contributed by atoms with Crippen LogP contribution in [0.4, 0.5) is 19.7 Å². The van der Waals surface area contributed by atoms with E-state index >= 15 is 4.39 Å². The largest absolute Gasteiger partial charge is 0.444 e. The van der Waals surface area contributed by atoms with Crippen molar-refractivity contribution in [2.45, 2.75) is 71.8 Å². The summed E-state index contributed by atoms with van der Waals surface area (Å²) in [4.78, 5) is 33.7. The number of aromatic nitrogens is 2. The van der Waals surface area contributed by atoms with Crippen molar-refractivity contribution in [2.24, 2.45) is 4.99 Å². The lowest BCUT2D eigenvalue weighted by Gasteiger charge is -2.33. The topological polar surface area (TPSA) is 107 Å². The number of halogens is 2. The molecule has 2 N–H and O–H groups in total. The van der Waals surface area contributed by atoms with Crippen LogP contribution in [0, 0.1) is 9.52 Å². The number of carbonyl (C=O) groups is 2. The Balaban J connectivity index is 1.98. The molecule has 1 unspecified atom stereocenters. The molecular weight excluding hydrogens is 556 g/mol. The van der Waals surface area contributed by atoms with E-state index in [2.05, 4.69) is 43.2 Å². The number of carbonyl (C=O) groups excluding carboxylic acids is 2. The van der Waals surface area contributed by atoms with Crippen LogP contribution in [0.25, 0.3) is 0 Å². The monoisotopic (exact) mass is 585 g/mol. The van der Waals surface area contributed by atoms with Gasteiger partial charge in [0.25, 0.3) is 0 Å². The van der Waals surface area contributed by atoms with E-state index in [-0.39, 0.29) is 17.9 Å². The molecule has 34 heavy (non-hydrogen) atoms. The SMILES string of the molecule is CC(C)(C)OC(=O)NC1=NC(C)(c2cc(NC(=O)OC(C)(C)C)ccc2F)Cn2c(I)cnc21. The van der Waals surface area contributed by atoms with Crippen LogP contribution in [0.15, 0.2) is 29.4 Å². The van der Waals surface area contributed by atoms with E-state index in [9.17, 15) is 9.59 Å². The molecule has 1 aliphatic heterocycles. The van der Waals surface area contributed by atoms with Crippen LogP contribution in [-0.2, 0) is 21.6 Å². The van der Waals surface area contributed by atoms with E-state index in [0.717, 1.165) is 3.70 Å². The number of imidazole rings is 1. The van der Waals surface area contributed by atoms with Crippen molar-refractivity contribution in [3.05, 3.63) is 45.3 Å². The van der Waals surface area contributed by atoms with Gasteiger partial charge in [-0.05, 0) is 89.3 Å². The van der Waals surface area contributed by atoms with Crippen LogP contribution in [-0.4, -0.2) is 38.8 Å². The fourth-order valence-corrected chi connectivity index (χ4v) is 3.94. The lowest BCUT2D eigenvalue weighted by Crippen LogP contribution is -2.44. The highest BCUT2D eigenvalue weighted by atomic mass is 127. The first-order valence-corrected chi connectivity index (χ1v) is 11.8. The molecule has 0 saturated heterocycles. The van der Waals surface area contributed by atoms with Gasteiger partial charge >= 0.3 is 12.2 Å². The Hall–Kier alpha value is -2.70. The average molecular weight is 585 g/mol. The number of fused-ring (bicyclic) bond motifs is 1. The Morgan fingerprint density at radius 2 is 1.68 bits per heavy atom. The number of hydrogen-bond donors (Lipinski definition) is 2. The van der Waals surface area contributed by atoms with Crippen LogP contribution >= 0.6 is 22.6 Å². The molecule has 2 amide bonds. The van der Waals surface area contributed by atoms with Crippen molar-refractivity contribution in [1.82, 2.24) is 14.9 Å². The van der Waals surface area contributed by atoms with Crippen LogP contribution in [0.1, 0.15) is 59.9 Å². The van der Waals surface area contributed by atoms with Crippen LogP contribution in [0.3, 0.4) is 0 Å². The second-order valence-electron chi connectivity index (χ2n) is 10.2.